The fourth-order valence-electron chi connectivity index (χ4n) is 3.72. The number of para-hydroxylation sites is 1. The highest BCUT2D eigenvalue weighted by atomic mass is 35.5. The second-order valence-corrected chi connectivity index (χ2v) is 10.4. The van der Waals surface area contributed by atoms with Crippen LogP contribution >= 0.6 is 34.7 Å². The Labute approximate surface area is 208 Å². The SMILES string of the molecule is CCOc1cccc2sc(N3CCN(CCNC(=O)CCSc4ccc(Cl)cc4)CC3)nc12. The maximum Gasteiger partial charge on any atom is 0.220 e. The lowest BCUT2D eigenvalue weighted by atomic mass is 10.3. The fourth-order valence-corrected chi connectivity index (χ4v) is 5.73. The molecule has 2 aromatic carbocycles. The smallest absolute Gasteiger partial charge is 0.220 e. The largest absolute Gasteiger partial charge is 0.492 e. The summed E-state index contributed by atoms with van der Waals surface area (Å²) in [7, 11) is 0. The Balaban J connectivity index is 1.15. The molecule has 2 heterocycles. The second-order valence-electron chi connectivity index (χ2n) is 7.76. The summed E-state index contributed by atoms with van der Waals surface area (Å²) in [6, 6.07) is 13.8. The third-order valence-corrected chi connectivity index (χ3v) is 7.82. The molecule has 1 fully saturated rings. The van der Waals surface area contributed by atoms with E-state index < -0.39 is 0 Å². The zero-order valence-corrected chi connectivity index (χ0v) is 21.1. The molecule has 1 amide bonds. The average Bonchev–Trinajstić information content (AvgIpc) is 3.26. The Hall–Kier alpha value is -2.00. The van der Waals surface area contributed by atoms with E-state index >= 15 is 0 Å². The first kappa shape index (κ1) is 24.1. The molecule has 33 heavy (non-hydrogen) atoms. The van der Waals surface area contributed by atoms with Crippen molar-refractivity contribution in [3.63, 3.8) is 0 Å². The minimum Gasteiger partial charge on any atom is -0.492 e. The summed E-state index contributed by atoms with van der Waals surface area (Å²) in [4.78, 5) is 22.9. The molecule has 0 bridgehead atoms. The molecule has 1 saturated heterocycles. The van der Waals surface area contributed by atoms with Crippen molar-refractivity contribution in [2.45, 2.75) is 18.2 Å². The number of anilines is 1. The number of halogens is 1. The number of nitrogens with zero attached hydrogens (tertiary/aromatic N) is 3. The molecule has 0 radical (unpaired) electrons. The predicted molar refractivity (Wildman–Crippen MR) is 139 cm³/mol. The molecule has 3 aromatic rings. The summed E-state index contributed by atoms with van der Waals surface area (Å²) >= 11 is 9.30. The van der Waals surface area contributed by atoms with Crippen molar-refractivity contribution in [1.29, 1.82) is 0 Å². The standard InChI is InChI=1S/C24H29ClN4O2S2/c1-2-31-20-4-3-5-21-23(20)27-24(33-21)29-15-13-28(14-16-29)12-11-26-22(30)10-17-32-19-8-6-18(25)7-9-19/h3-9H,2,10-17H2,1H3,(H,26,30). The van der Waals surface area contributed by atoms with E-state index in [1.54, 1.807) is 23.1 Å². The van der Waals surface area contributed by atoms with Crippen molar-refractivity contribution >= 4 is 56.0 Å². The van der Waals surface area contributed by atoms with Crippen LogP contribution in [0, 0.1) is 0 Å². The normalized spacial score (nSPS) is 14.5. The van der Waals surface area contributed by atoms with Gasteiger partial charge in [-0.3, -0.25) is 9.69 Å². The van der Waals surface area contributed by atoms with Gasteiger partial charge in [-0.1, -0.05) is 29.0 Å². The Bertz CT molecular complexity index is 1050. The van der Waals surface area contributed by atoms with Gasteiger partial charge < -0.3 is 15.0 Å². The van der Waals surface area contributed by atoms with Gasteiger partial charge in [-0.2, -0.15) is 0 Å². The van der Waals surface area contributed by atoms with Crippen LogP contribution in [0.4, 0.5) is 5.13 Å². The molecule has 0 spiro atoms. The molecule has 0 unspecified atom stereocenters. The van der Waals surface area contributed by atoms with Crippen molar-refractivity contribution in [3.8, 4) is 5.75 Å². The third kappa shape index (κ3) is 6.76. The quantitative estimate of drug-likeness (QED) is 0.401. The van der Waals surface area contributed by atoms with E-state index in [2.05, 4.69) is 21.2 Å². The molecule has 4 rings (SSSR count). The third-order valence-electron chi connectivity index (χ3n) is 5.48. The van der Waals surface area contributed by atoms with Crippen LogP contribution in [-0.2, 0) is 4.79 Å². The average molecular weight is 505 g/mol. The number of rotatable bonds is 10. The van der Waals surface area contributed by atoms with E-state index in [1.165, 1.54) is 0 Å². The molecule has 6 nitrogen and oxygen atoms in total. The molecule has 9 heteroatoms. The van der Waals surface area contributed by atoms with Crippen LogP contribution in [0.5, 0.6) is 5.75 Å². The maximum absolute atomic E-state index is 12.1. The van der Waals surface area contributed by atoms with E-state index in [0.717, 1.165) is 69.5 Å². The molecule has 1 aromatic heterocycles. The monoisotopic (exact) mass is 504 g/mol. The number of ether oxygens (including phenoxy) is 1. The molecule has 0 aliphatic carbocycles. The van der Waals surface area contributed by atoms with Crippen LogP contribution < -0.4 is 15.0 Å². The van der Waals surface area contributed by atoms with Gasteiger partial charge in [0.05, 0.1) is 11.3 Å². The molecular formula is C24H29ClN4O2S2. The van der Waals surface area contributed by atoms with Gasteiger partial charge in [0.1, 0.15) is 11.3 Å². The molecule has 176 valence electrons. The van der Waals surface area contributed by atoms with Gasteiger partial charge in [-0.25, -0.2) is 4.98 Å². The van der Waals surface area contributed by atoms with Gasteiger partial charge in [0.25, 0.3) is 0 Å². The van der Waals surface area contributed by atoms with Crippen molar-refractivity contribution in [3.05, 3.63) is 47.5 Å². The van der Waals surface area contributed by atoms with Gasteiger partial charge >= 0.3 is 0 Å². The van der Waals surface area contributed by atoms with E-state index in [1.807, 2.05) is 43.3 Å². The van der Waals surface area contributed by atoms with E-state index in [9.17, 15) is 4.79 Å². The highest BCUT2D eigenvalue weighted by Crippen LogP contribution is 2.34. The Morgan fingerprint density at radius 2 is 1.97 bits per heavy atom. The van der Waals surface area contributed by atoms with Crippen LogP contribution in [0.1, 0.15) is 13.3 Å². The van der Waals surface area contributed by atoms with E-state index in [0.29, 0.717) is 19.6 Å². The van der Waals surface area contributed by atoms with Crippen LogP contribution in [0.3, 0.4) is 0 Å². The number of thioether (sulfide) groups is 1. The summed E-state index contributed by atoms with van der Waals surface area (Å²) in [6.45, 7) is 8.01. The van der Waals surface area contributed by atoms with Crippen LogP contribution in [0.25, 0.3) is 10.2 Å². The lowest BCUT2D eigenvalue weighted by molar-refractivity contribution is -0.120. The van der Waals surface area contributed by atoms with Crippen molar-refractivity contribution in [2.75, 3.05) is 56.5 Å². The van der Waals surface area contributed by atoms with Crippen molar-refractivity contribution in [1.82, 2.24) is 15.2 Å². The van der Waals surface area contributed by atoms with E-state index in [-0.39, 0.29) is 5.91 Å². The number of amides is 1. The zero-order valence-electron chi connectivity index (χ0n) is 18.8. The Morgan fingerprint density at radius 1 is 1.18 bits per heavy atom. The second kappa shape index (κ2) is 11.9. The summed E-state index contributed by atoms with van der Waals surface area (Å²) in [5.74, 6) is 1.73. The van der Waals surface area contributed by atoms with Crippen molar-refractivity contribution in [2.24, 2.45) is 0 Å². The minimum absolute atomic E-state index is 0.106. The number of hydrogen-bond acceptors (Lipinski definition) is 7. The number of carbonyl (C=O) groups excluding carboxylic acids is 1. The molecule has 1 N–H and O–H groups in total. The fraction of sp³-hybridized carbons (Fsp3) is 0.417. The molecule has 0 saturated carbocycles. The lowest BCUT2D eigenvalue weighted by Crippen LogP contribution is -2.48. The first-order valence-corrected chi connectivity index (χ1v) is 13.4. The topological polar surface area (TPSA) is 57.7 Å². The lowest BCUT2D eigenvalue weighted by Gasteiger charge is -2.34. The number of piperazine rings is 1. The van der Waals surface area contributed by atoms with Crippen LogP contribution in [0.15, 0.2) is 47.4 Å². The van der Waals surface area contributed by atoms with Gasteiger partial charge in [0.2, 0.25) is 5.91 Å². The van der Waals surface area contributed by atoms with Gasteiger partial charge in [0, 0.05) is 61.4 Å². The highest BCUT2D eigenvalue weighted by molar-refractivity contribution is 7.99. The van der Waals surface area contributed by atoms with Crippen LogP contribution in [0.2, 0.25) is 5.02 Å². The number of nitrogens with one attached hydrogen (secondary N) is 1. The summed E-state index contributed by atoms with van der Waals surface area (Å²) < 4.78 is 6.89. The maximum atomic E-state index is 12.1. The minimum atomic E-state index is 0.106. The van der Waals surface area contributed by atoms with Gasteiger partial charge in [0.15, 0.2) is 5.13 Å². The number of benzene rings is 2. The zero-order chi connectivity index (χ0) is 23.0. The molecule has 1 aliphatic rings. The first-order valence-electron chi connectivity index (χ1n) is 11.3. The number of fused-ring (bicyclic) bond motifs is 1. The summed E-state index contributed by atoms with van der Waals surface area (Å²) in [6.07, 6.45) is 0.516. The van der Waals surface area contributed by atoms with Gasteiger partial charge in [-0.15, -0.1) is 11.8 Å². The van der Waals surface area contributed by atoms with Crippen LogP contribution in [-0.4, -0.2) is 67.4 Å². The van der Waals surface area contributed by atoms with Crippen molar-refractivity contribution < 1.29 is 9.53 Å². The molecule has 1 aliphatic heterocycles. The highest BCUT2D eigenvalue weighted by Gasteiger charge is 2.20. The first-order chi connectivity index (χ1) is 16.1. The summed E-state index contributed by atoms with van der Waals surface area (Å²) in [5.41, 5.74) is 0.957. The van der Waals surface area contributed by atoms with Gasteiger partial charge in [-0.05, 0) is 43.3 Å². The Kier molecular flexibility index (Phi) is 8.72. The molecular weight excluding hydrogens is 476 g/mol. The number of carbonyl (C=O) groups is 1. The van der Waals surface area contributed by atoms with E-state index in [4.69, 9.17) is 21.3 Å². The summed E-state index contributed by atoms with van der Waals surface area (Å²) in [5, 5.41) is 4.84. The number of aromatic nitrogens is 1. The molecule has 0 atom stereocenters. The predicted octanol–water partition coefficient (Wildman–Crippen LogP) is 4.77. The Morgan fingerprint density at radius 3 is 2.73 bits per heavy atom. The number of thiazole rings is 1. The number of hydrogen-bond donors (Lipinski definition) is 1.